The minimum Gasteiger partial charge on any atom is -0.278 e. The fraction of sp³-hybridized carbons (Fsp3) is 0. The van der Waals surface area contributed by atoms with Crippen LogP contribution >= 0.6 is 11.8 Å². The van der Waals surface area contributed by atoms with Gasteiger partial charge in [0.25, 0.3) is 0 Å². The van der Waals surface area contributed by atoms with Crippen LogP contribution in [0.4, 0.5) is 0 Å². The van der Waals surface area contributed by atoms with Crippen molar-refractivity contribution in [2.45, 2.75) is 9.79 Å². The molecular weight excluding hydrogens is 729 g/mol. The van der Waals surface area contributed by atoms with Crippen LogP contribution in [-0.4, -0.2) is 27.6 Å². The van der Waals surface area contributed by atoms with Crippen LogP contribution < -0.4 is 20.7 Å². The average molecular weight is 763 g/mol. The SMILES string of the molecule is c1ccc(-c2ccc(-c3nc(-c4ccccc4)nc(-n4c5ccccc5c5ccc([Si]6(c7ccccc7)c7ccccc7Sc7ccccc76)cc54)n3)cc2)cc1. The van der Waals surface area contributed by atoms with E-state index in [2.05, 4.69) is 187 Å². The lowest BCUT2D eigenvalue weighted by Gasteiger charge is -2.39. The van der Waals surface area contributed by atoms with E-state index in [1.54, 1.807) is 0 Å². The summed E-state index contributed by atoms with van der Waals surface area (Å²) in [5.74, 6) is 1.85. The molecule has 0 saturated carbocycles. The molecule has 4 nitrogen and oxygen atoms in total. The largest absolute Gasteiger partial charge is 0.278 e. The molecule has 0 bridgehead atoms. The Labute approximate surface area is 336 Å². The molecule has 0 N–H and O–H groups in total. The first-order valence-corrected chi connectivity index (χ1v) is 22.0. The van der Waals surface area contributed by atoms with Gasteiger partial charge < -0.3 is 0 Å². The molecule has 8 aromatic carbocycles. The van der Waals surface area contributed by atoms with Crippen molar-refractivity contribution in [3.8, 4) is 39.9 Å². The minimum absolute atomic E-state index is 0.588. The lowest BCUT2D eigenvalue weighted by Crippen LogP contribution is -2.76. The van der Waals surface area contributed by atoms with Crippen LogP contribution in [0.2, 0.25) is 0 Å². The monoisotopic (exact) mass is 762 g/mol. The first-order chi connectivity index (χ1) is 28.3. The summed E-state index contributed by atoms with van der Waals surface area (Å²) in [4.78, 5) is 18.3. The van der Waals surface area contributed by atoms with Crippen LogP contribution in [0.15, 0.2) is 216 Å². The molecule has 0 fully saturated rings. The number of hydrogen-bond acceptors (Lipinski definition) is 4. The summed E-state index contributed by atoms with van der Waals surface area (Å²) in [5.41, 5.74) is 6.31. The van der Waals surface area contributed by atoms with Crippen LogP contribution in [-0.2, 0) is 0 Å². The Morgan fingerprint density at radius 2 is 0.860 bits per heavy atom. The quantitative estimate of drug-likeness (QED) is 0.158. The van der Waals surface area contributed by atoms with Crippen LogP contribution in [0, 0.1) is 0 Å². The van der Waals surface area contributed by atoms with Gasteiger partial charge in [-0.15, -0.1) is 0 Å². The lowest BCUT2D eigenvalue weighted by atomic mass is 10.0. The van der Waals surface area contributed by atoms with E-state index in [1.165, 1.54) is 36.1 Å². The average Bonchev–Trinajstić information content (AvgIpc) is 3.63. The molecule has 11 rings (SSSR count). The van der Waals surface area contributed by atoms with Crippen molar-refractivity contribution in [1.82, 2.24) is 19.5 Å². The van der Waals surface area contributed by atoms with Crippen molar-refractivity contribution in [3.63, 3.8) is 0 Å². The van der Waals surface area contributed by atoms with Gasteiger partial charge in [-0.05, 0) is 56.1 Å². The van der Waals surface area contributed by atoms with Crippen LogP contribution in [0.3, 0.4) is 0 Å². The third kappa shape index (κ3) is 5.48. The minimum atomic E-state index is -2.81. The first-order valence-electron chi connectivity index (χ1n) is 19.2. The van der Waals surface area contributed by atoms with Crippen molar-refractivity contribution in [2.24, 2.45) is 0 Å². The summed E-state index contributed by atoms with van der Waals surface area (Å²) in [6.45, 7) is 0. The smallest absolute Gasteiger partial charge is 0.238 e. The fourth-order valence-corrected chi connectivity index (χ4v) is 15.6. The molecule has 268 valence electrons. The Kier molecular flexibility index (Phi) is 8.05. The van der Waals surface area contributed by atoms with Gasteiger partial charge >= 0.3 is 0 Å². The normalized spacial score (nSPS) is 13.0. The molecule has 1 aliphatic rings. The van der Waals surface area contributed by atoms with Gasteiger partial charge in [0, 0.05) is 31.7 Å². The van der Waals surface area contributed by atoms with Gasteiger partial charge in [-0.25, -0.2) is 4.98 Å². The predicted molar refractivity (Wildman–Crippen MR) is 238 cm³/mol. The second kappa shape index (κ2) is 13.7. The van der Waals surface area contributed by atoms with E-state index in [-0.39, 0.29) is 0 Å². The number of fused-ring (bicyclic) bond motifs is 5. The van der Waals surface area contributed by atoms with Gasteiger partial charge in [0.2, 0.25) is 5.95 Å². The lowest BCUT2D eigenvalue weighted by molar-refractivity contribution is 0.953. The molecule has 0 amide bonds. The zero-order valence-electron chi connectivity index (χ0n) is 30.8. The van der Waals surface area contributed by atoms with Gasteiger partial charge in [0.15, 0.2) is 19.7 Å². The van der Waals surface area contributed by atoms with E-state index in [1.807, 2.05) is 36.0 Å². The molecule has 0 unspecified atom stereocenters. The third-order valence-electron chi connectivity index (χ3n) is 11.2. The van der Waals surface area contributed by atoms with Gasteiger partial charge in [-0.2, -0.15) is 9.97 Å². The van der Waals surface area contributed by atoms with Gasteiger partial charge in [0.05, 0.1) is 11.0 Å². The van der Waals surface area contributed by atoms with Crippen LogP contribution in [0.5, 0.6) is 0 Å². The Morgan fingerprint density at radius 1 is 0.368 bits per heavy atom. The highest BCUT2D eigenvalue weighted by atomic mass is 32.2. The Hall–Kier alpha value is -6.86. The molecule has 3 heterocycles. The van der Waals surface area contributed by atoms with Crippen molar-refractivity contribution < 1.29 is 0 Å². The maximum atomic E-state index is 5.31. The third-order valence-corrected chi connectivity index (χ3v) is 17.6. The van der Waals surface area contributed by atoms with E-state index in [4.69, 9.17) is 15.0 Å². The van der Waals surface area contributed by atoms with Crippen LogP contribution in [0.1, 0.15) is 0 Å². The zero-order chi connectivity index (χ0) is 37.8. The summed E-state index contributed by atoms with van der Waals surface area (Å²) < 4.78 is 2.26. The van der Waals surface area contributed by atoms with E-state index in [0.717, 1.165) is 38.5 Å². The molecule has 6 heteroatoms. The second-order valence-corrected chi connectivity index (χ2v) is 19.2. The van der Waals surface area contributed by atoms with Crippen LogP contribution in [0.25, 0.3) is 61.7 Å². The first kappa shape index (κ1) is 33.5. The number of aromatic nitrogens is 4. The zero-order valence-corrected chi connectivity index (χ0v) is 32.6. The van der Waals surface area contributed by atoms with E-state index in [0.29, 0.717) is 17.6 Å². The number of para-hydroxylation sites is 1. The van der Waals surface area contributed by atoms with Crippen molar-refractivity contribution >= 4 is 62.4 Å². The number of nitrogens with zero attached hydrogens (tertiary/aromatic N) is 4. The number of benzene rings is 8. The number of rotatable bonds is 6. The van der Waals surface area contributed by atoms with Crippen molar-refractivity contribution in [3.05, 3.63) is 206 Å². The van der Waals surface area contributed by atoms with E-state index >= 15 is 0 Å². The highest BCUT2D eigenvalue weighted by Gasteiger charge is 2.47. The van der Waals surface area contributed by atoms with Crippen molar-refractivity contribution in [2.75, 3.05) is 0 Å². The van der Waals surface area contributed by atoms with Gasteiger partial charge in [0.1, 0.15) is 0 Å². The molecule has 57 heavy (non-hydrogen) atoms. The Morgan fingerprint density at radius 3 is 1.53 bits per heavy atom. The molecule has 2 aromatic heterocycles. The van der Waals surface area contributed by atoms with Gasteiger partial charge in [-0.1, -0.05) is 194 Å². The molecule has 0 spiro atoms. The Bertz CT molecular complexity index is 3050. The molecule has 0 atom stereocenters. The maximum absolute atomic E-state index is 5.31. The molecule has 0 radical (unpaired) electrons. The fourth-order valence-electron chi connectivity index (χ4n) is 8.64. The topological polar surface area (TPSA) is 43.6 Å². The Balaban J connectivity index is 1.19. The van der Waals surface area contributed by atoms with E-state index in [9.17, 15) is 0 Å². The molecule has 0 saturated heterocycles. The molecule has 1 aliphatic heterocycles. The van der Waals surface area contributed by atoms with E-state index < -0.39 is 8.07 Å². The van der Waals surface area contributed by atoms with Crippen molar-refractivity contribution in [1.29, 1.82) is 0 Å². The maximum Gasteiger partial charge on any atom is 0.238 e. The molecule has 10 aromatic rings. The standard InChI is InChI=1S/C51H34N4SSi/c1-4-16-35(17-5-1)36-28-30-38(31-29-36)50-52-49(37-18-6-2-7-19-37)53-51(54-50)55-43-23-11-10-22-41(43)42-33-32-40(34-44(42)55)57(39-20-8-3-9-21-39)47-26-14-12-24-45(47)56-46-25-13-15-27-48(46)57/h1-34H. The summed E-state index contributed by atoms with van der Waals surface area (Å²) >= 11 is 1.88. The highest BCUT2D eigenvalue weighted by molar-refractivity contribution is 8.00. The second-order valence-electron chi connectivity index (χ2n) is 14.4. The summed E-state index contributed by atoms with van der Waals surface area (Å²) in [7, 11) is -2.81. The summed E-state index contributed by atoms with van der Waals surface area (Å²) in [6.07, 6.45) is 0. The summed E-state index contributed by atoms with van der Waals surface area (Å²) in [6, 6.07) is 74.2. The number of hydrogen-bond donors (Lipinski definition) is 0. The van der Waals surface area contributed by atoms with Gasteiger partial charge in [-0.3, -0.25) is 4.57 Å². The molecular formula is C51H34N4SSi. The molecule has 0 aliphatic carbocycles. The summed E-state index contributed by atoms with van der Waals surface area (Å²) in [5, 5.41) is 7.82. The predicted octanol–water partition coefficient (Wildman–Crippen LogP) is 9.81. The highest BCUT2D eigenvalue weighted by Crippen LogP contribution is 2.36.